The molecule has 0 amide bonds. The van der Waals surface area contributed by atoms with Crippen LogP contribution in [0.25, 0.3) is 0 Å². The minimum atomic E-state index is -2.84. The number of halogens is 1. The predicted molar refractivity (Wildman–Crippen MR) is 140 cm³/mol. The van der Waals surface area contributed by atoms with Gasteiger partial charge in [0, 0.05) is 0 Å². The van der Waals surface area contributed by atoms with Crippen molar-refractivity contribution in [3.8, 4) is 11.5 Å². The molecule has 4 aromatic carbocycles. The summed E-state index contributed by atoms with van der Waals surface area (Å²) in [4.78, 5) is 0. The number of phenolic OH excluding ortho intramolecular Hbond substituents is 2. The summed E-state index contributed by atoms with van der Waals surface area (Å²) >= 11 is -2.84. The van der Waals surface area contributed by atoms with Crippen LogP contribution in [0.15, 0.2) is 119 Å². The Morgan fingerprint density at radius 3 is 1.46 bits per heavy atom. The smallest absolute Gasteiger partial charge is 1.00 e. The Morgan fingerprint density at radius 2 is 1.03 bits per heavy atom. The third kappa shape index (κ3) is 3.67. The molecule has 182 valence electrons. The van der Waals surface area contributed by atoms with Gasteiger partial charge in [-0.3, -0.25) is 0 Å². The Labute approximate surface area is 231 Å². The van der Waals surface area contributed by atoms with Crippen LogP contribution < -0.4 is 18.1 Å². The van der Waals surface area contributed by atoms with Gasteiger partial charge in [-0.1, -0.05) is 0 Å². The molecule has 0 bridgehead atoms. The molecule has 0 spiro atoms. The quantitative estimate of drug-likeness (QED) is 0.374. The maximum Gasteiger partial charge on any atom is -1.00 e. The van der Waals surface area contributed by atoms with Crippen molar-refractivity contribution in [1.29, 1.82) is 0 Å². The van der Waals surface area contributed by atoms with Gasteiger partial charge in [-0.05, 0) is 0 Å². The number of rotatable bonds is 5. The van der Waals surface area contributed by atoms with Crippen molar-refractivity contribution in [1.82, 2.24) is 0 Å². The number of hydrogen-bond acceptors (Lipinski definition) is 4. The molecule has 0 radical (unpaired) electrons. The number of para-hydroxylation sites is 4. The zero-order valence-corrected chi connectivity index (χ0v) is 23.2. The van der Waals surface area contributed by atoms with Crippen LogP contribution in [0, 0.1) is 0 Å². The average Bonchev–Trinajstić information content (AvgIpc) is 3.42. The Morgan fingerprint density at radius 1 is 0.595 bits per heavy atom. The van der Waals surface area contributed by atoms with Crippen molar-refractivity contribution in [2.24, 2.45) is 0 Å². The molecule has 2 aliphatic heterocycles. The van der Waals surface area contributed by atoms with Gasteiger partial charge in [-0.2, -0.15) is 0 Å². The van der Waals surface area contributed by atoms with Crippen LogP contribution in [0.4, 0.5) is 11.4 Å². The second-order valence-corrected chi connectivity index (χ2v) is 15.0. The molecule has 37 heavy (non-hydrogen) atoms. The second-order valence-electron chi connectivity index (χ2n) is 9.43. The van der Waals surface area contributed by atoms with Crippen molar-refractivity contribution >= 4 is 11.4 Å². The summed E-state index contributed by atoms with van der Waals surface area (Å²) in [5.74, 6) is 0.675. The first-order chi connectivity index (χ1) is 17.7. The van der Waals surface area contributed by atoms with Gasteiger partial charge in [0.25, 0.3) is 0 Å². The van der Waals surface area contributed by atoms with Crippen LogP contribution in [0.3, 0.4) is 0 Å². The van der Waals surface area contributed by atoms with Gasteiger partial charge in [0.05, 0.1) is 0 Å². The Bertz CT molecular complexity index is 1450. The molecule has 0 aromatic heterocycles. The minimum Gasteiger partial charge on any atom is -1.00 e. The molecule has 2 N–H and O–H groups in total. The van der Waals surface area contributed by atoms with Crippen molar-refractivity contribution in [2.75, 3.05) is 5.69 Å². The monoisotopic (exact) mass is 582 g/mol. The third-order valence-corrected chi connectivity index (χ3v) is 14.5. The molecule has 1 aliphatic carbocycles. The van der Waals surface area contributed by atoms with E-state index in [2.05, 4.69) is 84.6 Å². The van der Waals surface area contributed by atoms with E-state index in [1.165, 1.54) is 25.8 Å². The van der Waals surface area contributed by atoms with Crippen molar-refractivity contribution in [3.63, 3.8) is 0 Å². The first kappa shape index (κ1) is 24.1. The number of nitrogens with zero attached hydrogens (tertiary/aromatic N) is 2. The van der Waals surface area contributed by atoms with Gasteiger partial charge in [-0.25, -0.2) is 0 Å². The minimum absolute atomic E-state index is 0. The number of allylic oxidation sites excluding steroid dienone is 4. The van der Waals surface area contributed by atoms with E-state index in [9.17, 15) is 10.2 Å². The topological polar surface area (TPSA) is 46.9 Å². The van der Waals surface area contributed by atoms with Crippen molar-refractivity contribution in [3.05, 3.63) is 141 Å². The number of fused-ring (bicyclic) bond motifs is 2. The molecule has 4 aromatic rings. The molecule has 2 atom stereocenters. The van der Waals surface area contributed by atoms with Gasteiger partial charge >= 0.3 is 220 Å². The van der Waals surface area contributed by atoms with Gasteiger partial charge < -0.3 is 12.4 Å². The van der Waals surface area contributed by atoms with E-state index in [-0.39, 0.29) is 24.5 Å². The number of anilines is 2. The van der Waals surface area contributed by atoms with Gasteiger partial charge in [0.15, 0.2) is 0 Å². The maximum atomic E-state index is 10.9. The molecule has 0 fully saturated rings. The fraction of sp³-hybridized carbons (Fsp3) is 0.0968. The van der Waals surface area contributed by atoms with Crippen LogP contribution in [0.2, 0.25) is 0 Å². The fourth-order valence-electron chi connectivity index (χ4n) is 5.86. The first-order valence-corrected chi connectivity index (χ1v) is 15.7. The molecule has 2 unspecified atom stereocenters. The summed E-state index contributed by atoms with van der Waals surface area (Å²) in [5, 5.41) is 21.8. The SMILES string of the molecule is Oc1ccccc1C1c2ccccc2[N]1[Zr+]([C]1=CC=CC1)[N]1c2ccccc2C1c1ccccc1O.[Cl-]. The predicted octanol–water partition coefficient (Wildman–Crippen LogP) is 3.91. The largest absolute Gasteiger partial charge is 1.00 e. The molecule has 6 heteroatoms. The summed E-state index contributed by atoms with van der Waals surface area (Å²) in [7, 11) is 0. The zero-order valence-electron chi connectivity index (χ0n) is 20.0. The normalized spacial score (nSPS) is 18.6. The van der Waals surface area contributed by atoms with Crippen molar-refractivity contribution < 1.29 is 45.0 Å². The molecule has 7 rings (SSSR count). The Kier molecular flexibility index (Phi) is 6.22. The molecule has 0 saturated heterocycles. The van der Waals surface area contributed by atoms with Crippen molar-refractivity contribution in [2.45, 2.75) is 18.5 Å². The van der Waals surface area contributed by atoms with Crippen LogP contribution in [0.1, 0.15) is 40.8 Å². The van der Waals surface area contributed by atoms with Crippen LogP contribution in [-0.4, -0.2) is 10.2 Å². The number of phenols is 2. The molecule has 2 heterocycles. The summed E-state index contributed by atoms with van der Waals surface area (Å²) in [6.07, 6.45) is 7.68. The zero-order chi connectivity index (χ0) is 24.2. The van der Waals surface area contributed by atoms with E-state index in [4.69, 9.17) is 0 Å². The molecule has 3 aliphatic rings. The van der Waals surface area contributed by atoms with E-state index >= 15 is 0 Å². The number of hydrogen-bond donors (Lipinski definition) is 2. The Balaban J connectivity index is 0.00000252. The maximum absolute atomic E-state index is 10.9. The molecular weight excluding hydrogens is 559 g/mol. The van der Waals surface area contributed by atoms with E-state index in [1.54, 1.807) is 12.1 Å². The van der Waals surface area contributed by atoms with E-state index in [0.29, 0.717) is 11.5 Å². The van der Waals surface area contributed by atoms with Gasteiger partial charge in [0.2, 0.25) is 0 Å². The van der Waals surface area contributed by atoms with Crippen LogP contribution >= 0.6 is 0 Å². The summed E-state index contributed by atoms with van der Waals surface area (Å²) in [5.41, 5.74) is 6.94. The number of aromatic hydroxyl groups is 2. The van der Waals surface area contributed by atoms with E-state index < -0.39 is 22.3 Å². The fourth-order valence-corrected chi connectivity index (χ4v) is 14.0. The van der Waals surface area contributed by atoms with Crippen LogP contribution in [-0.2, 0) is 22.3 Å². The Hall–Kier alpha value is -3.27. The second kappa shape index (κ2) is 9.56. The van der Waals surface area contributed by atoms with Gasteiger partial charge in [0.1, 0.15) is 0 Å². The summed E-state index contributed by atoms with van der Waals surface area (Å²) in [6.45, 7) is 0. The van der Waals surface area contributed by atoms with Gasteiger partial charge in [-0.15, -0.1) is 0 Å². The van der Waals surface area contributed by atoms with Crippen LogP contribution in [0.5, 0.6) is 11.5 Å². The molecular formula is C31H25ClN2O2Zr. The standard InChI is InChI=1S/2C13H10NO.C5H5.ClH.Zr/c2*15-12-8-4-2-6-10(12)13-9-5-1-3-7-11(9)14-13;1-2-4-5-3-1;;/h2*1-8,13,15H;1-3H,4H2;1H;/q2*-1;;;+3/p-1. The van der Waals surface area contributed by atoms with E-state index in [0.717, 1.165) is 17.5 Å². The average molecular weight is 584 g/mol. The third-order valence-electron chi connectivity index (χ3n) is 7.48. The first-order valence-electron chi connectivity index (χ1n) is 12.3. The number of benzene rings is 4. The summed E-state index contributed by atoms with van der Waals surface area (Å²) in [6, 6.07) is 32.7. The molecule has 4 nitrogen and oxygen atoms in total. The summed E-state index contributed by atoms with van der Waals surface area (Å²) < 4.78 is 6.75. The van der Waals surface area contributed by atoms with E-state index in [1.807, 2.05) is 24.3 Å². The molecule has 0 saturated carbocycles.